The first kappa shape index (κ1) is 9.97. The summed E-state index contributed by atoms with van der Waals surface area (Å²) in [6.07, 6.45) is 7.69. The maximum Gasteiger partial charge on any atom is 0.309 e. The van der Waals surface area contributed by atoms with E-state index in [0.717, 1.165) is 0 Å². The highest BCUT2D eigenvalue weighted by Crippen LogP contribution is 2.32. The maximum absolute atomic E-state index is 10.9. The molecule has 2 rings (SSSR count). The van der Waals surface area contributed by atoms with Gasteiger partial charge in [-0.1, -0.05) is 25.7 Å². The van der Waals surface area contributed by atoms with Crippen LogP contribution in [-0.4, -0.2) is 23.7 Å². The lowest BCUT2D eigenvalue weighted by Crippen LogP contribution is -2.59. The number of carboxylic acid groups (broad SMARTS) is 1. The third kappa shape index (κ3) is 1.92. The summed E-state index contributed by atoms with van der Waals surface area (Å²) < 4.78 is 0. The molecule has 0 amide bonds. The maximum atomic E-state index is 10.9. The van der Waals surface area contributed by atoms with Crippen molar-refractivity contribution in [2.45, 2.75) is 44.6 Å². The summed E-state index contributed by atoms with van der Waals surface area (Å²) in [6.45, 7) is 0.677. The monoisotopic (exact) mass is 197 g/mol. The molecule has 1 saturated carbocycles. The van der Waals surface area contributed by atoms with Crippen molar-refractivity contribution in [3.8, 4) is 0 Å². The predicted octanol–water partition coefficient (Wildman–Crippen LogP) is 1.63. The van der Waals surface area contributed by atoms with Crippen molar-refractivity contribution in [2.24, 2.45) is 11.8 Å². The molecule has 1 aliphatic carbocycles. The van der Waals surface area contributed by atoms with E-state index >= 15 is 0 Å². The first-order valence-corrected chi connectivity index (χ1v) is 5.75. The fraction of sp³-hybridized carbons (Fsp3) is 0.909. The summed E-state index contributed by atoms with van der Waals surface area (Å²) in [6, 6.07) is 0.269. The standard InChI is InChI=1S/C11H19NO2/c13-11(14)9-7-12-10(9)8-5-3-1-2-4-6-8/h8-10,12H,1-7H2,(H,13,14). The Morgan fingerprint density at radius 2 is 1.79 bits per heavy atom. The highest BCUT2D eigenvalue weighted by Gasteiger charge is 2.40. The third-order valence-electron chi connectivity index (χ3n) is 3.73. The normalized spacial score (nSPS) is 34.6. The molecule has 1 aliphatic heterocycles. The number of nitrogens with one attached hydrogen (secondary N) is 1. The van der Waals surface area contributed by atoms with E-state index in [1.165, 1.54) is 38.5 Å². The van der Waals surface area contributed by atoms with Gasteiger partial charge in [-0.15, -0.1) is 0 Å². The zero-order valence-corrected chi connectivity index (χ0v) is 8.54. The van der Waals surface area contributed by atoms with Gasteiger partial charge in [-0.3, -0.25) is 4.79 Å². The minimum Gasteiger partial charge on any atom is -0.481 e. The number of hydrogen-bond donors (Lipinski definition) is 2. The summed E-state index contributed by atoms with van der Waals surface area (Å²) >= 11 is 0. The van der Waals surface area contributed by atoms with E-state index in [4.69, 9.17) is 5.11 Å². The molecular formula is C11H19NO2. The number of carboxylic acids is 1. The van der Waals surface area contributed by atoms with Crippen molar-refractivity contribution in [1.29, 1.82) is 0 Å². The molecule has 1 heterocycles. The third-order valence-corrected chi connectivity index (χ3v) is 3.73. The average molecular weight is 197 g/mol. The summed E-state index contributed by atoms with van der Waals surface area (Å²) in [5.41, 5.74) is 0. The molecule has 2 fully saturated rings. The van der Waals surface area contributed by atoms with Crippen molar-refractivity contribution in [3.63, 3.8) is 0 Å². The second kappa shape index (κ2) is 4.30. The van der Waals surface area contributed by atoms with Gasteiger partial charge >= 0.3 is 5.97 Å². The zero-order valence-electron chi connectivity index (χ0n) is 8.54. The molecule has 0 aromatic rings. The van der Waals surface area contributed by atoms with E-state index in [0.29, 0.717) is 12.5 Å². The Morgan fingerprint density at radius 3 is 2.21 bits per heavy atom. The first-order chi connectivity index (χ1) is 6.79. The number of carbonyl (C=O) groups is 1. The van der Waals surface area contributed by atoms with Crippen LogP contribution in [0.5, 0.6) is 0 Å². The molecule has 0 radical (unpaired) electrons. The highest BCUT2D eigenvalue weighted by molar-refractivity contribution is 5.72. The zero-order chi connectivity index (χ0) is 9.97. The molecule has 2 unspecified atom stereocenters. The average Bonchev–Trinajstić information content (AvgIpc) is 2.29. The van der Waals surface area contributed by atoms with E-state index < -0.39 is 5.97 Å². The van der Waals surface area contributed by atoms with Crippen molar-refractivity contribution < 1.29 is 9.90 Å². The minimum absolute atomic E-state index is 0.113. The molecule has 2 N–H and O–H groups in total. The number of rotatable bonds is 2. The first-order valence-electron chi connectivity index (χ1n) is 5.75. The van der Waals surface area contributed by atoms with E-state index in [9.17, 15) is 4.79 Å². The molecule has 2 atom stereocenters. The van der Waals surface area contributed by atoms with Gasteiger partial charge in [0.25, 0.3) is 0 Å². The Kier molecular flexibility index (Phi) is 3.06. The van der Waals surface area contributed by atoms with Crippen molar-refractivity contribution >= 4 is 5.97 Å². The van der Waals surface area contributed by atoms with Crippen LogP contribution >= 0.6 is 0 Å². The van der Waals surface area contributed by atoms with Gasteiger partial charge in [0.2, 0.25) is 0 Å². The van der Waals surface area contributed by atoms with Crippen LogP contribution in [-0.2, 0) is 4.79 Å². The van der Waals surface area contributed by atoms with Gasteiger partial charge in [0.05, 0.1) is 5.92 Å². The largest absolute Gasteiger partial charge is 0.481 e. The van der Waals surface area contributed by atoms with Crippen LogP contribution in [0.25, 0.3) is 0 Å². The second-order valence-electron chi connectivity index (χ2n) is 4.63. The molecule has 3 nitrogen and oxygen atoms in total. The molecule has 80 valence electrons. The van der Waals surface area contributed by atoms with Gasteiger partial charge in [-0.2, -0.15) is 0 Å². The topological polar surface area (TPSA) is 49.3 Å². The summed E-state index contributed by atoms with van der Waals surface area (Å²) in [7, 11) is 0. The summed E-state index contributed by atoms with van der Waals surface area (Å²) in [4.78, 5) is 10.9. The number of aliphatic carboxylic acids is 1. The van der Waals surface area contributed by atoms with E-state index in [-0.39, 0.29) is 12.0 Å². The SMILES string of the molecule is O=C(O)C1CNC1C1CCCCCC1. The Balaban J connectivity index is 1.90. The van der Waals surface area contributed by atoms with Gasteiger partial charge in [0, 0.05) is 12.6 Å². The van der Waals surface area contributed by atoms with Crippen LogP contribution in [0.3, 0.4) is 0 Å². The second-order valence-corrected chi connectivity index (χ2v) is 4.63. The Hall–Kier alpha value is -0.570. The lowest BCUT2D eigenvalue weighted by atomic mass is 9.78. The minimum atomic E-state index is -0.613. The van der Waals surface area contributed by atoms with Crippen molar-refractivity contribution in [2.75, 3.05) is 6.54 Å². The van der Waals surface area contributed by atoms with Crippen LogP contribution in [0, 0.1) is 11.8 Å². The molecule has 0 spiro atoms. The van der Waals surface area contributed by atoms with Gasteiger partial charge in [0.1, 0.15) is 0 Å². The highest BCUT2D eigenvalue weighted by atomic mass is 16.4. The van der Waals surface area contributed by atoms with E-state index in [2.05, 4.69) is 5.32 Å². The Morgan fingerprint density at radius 1 is 1.14 bits per heavy atom. The van der Waals surface area contributed by atoms with Gasteiger partial charge < -0.3 is 10.4 Å². The van der Waals surface area contributed by atoms with Gasteiger partial charge in [-0.05, 0) is 18.8 Å². The predicted molar refractivity (Wildman–Crippen MR) is 54.1 cm³/mol. The smallest absolute Gasteiger partial charge is 0.309 e. The molecule has 3 heteroatoms. The van der Waals surface area contributed by atoms with Crippen molar-refractivity contribution in [1.82, 2.24) is 5.32 Å². The quantitative estimate of drug-likeness (QED) is 0.661. The van der Waals surface area contributed by atoms with Gasteiger partial charge in [0.15, 0.2) is 0 Å². The molecule has 14 heavy (non-hydrogen) atoms. The molecular weight excluding hydrogens is 178 g/mol. The lowest BCUT2D eigenvalue weighted by Gasteiger charge is -2.40. The molecule has 0 bridgehead atoms. The Bertz CT molecular complexity index is 209. The summed E-state index contributed by atoms with van der Waals surface area (Å²) in [5, 5.41) is 12.3. The van der Waals surface area contributed by atoms with Crippen LogP contribution in [0.1, 0.15) is 38.5 Å². The molecule has 0 aromatic carbocycles. The fourth-order valence-electron chi connectivity index (χ4n) is 2.78. The fourth-order valence-corrected chi connectivity index (χ4v) is 2.78. The van der Waals surface area contributed by atoms with Crippen LogP contribution in [0.15, 0.2) is 0 Å². The molecule has 1 saturated heterocycles. The van der Waals surface area contributed by atoms with Crippen molar-refractivity contribution in [3.05, 3.63) is 0 Å². The van der Waals surface area contributed by atoms with E-state index in [1.807, 2.05) is 0 Å². The van der Waals surface area contributed by atoms with Crippen LogP contribution < -0.4 is 5.32 Å². The van der Waals surface area contributed by atoms with E-state index in [1.54, 1.807) is 0 Å². The number of hydrogen-bond acceptors (Lipinski definition) is 2. The lowest BCUT2D eigenvalue weighted by molar-refractivity contribution is -0.146. The van der Waals surface area contributed by atoms with Crippen LogP contribution in [0.2, 0.25) is 0 Å². The molecule has 0 aromatic heterocycles. The van der Waals surface area contributed by atoms with Gasteiger partial charge in [-0.25, -0.2) is 0 Å². The van der Waals surface area contributed by atoms with Crippen LogP contribution in [0.4, 0.5) is 0 Å². The summed E-state index contributed by atoms with van der Waals surface area (Å²) in [5.74, 6) is -0.108. The Labute approximate surface area is 84.9 Å². The molecule has 2 aliphatic rings.